The Hall–Kier alpha value is -3.05. The molecule has 5 heteroatoms. The van der Waals surface area contributed by atoms with Crippen LogP contribution in [0.25, 0.3) is 11.3 Å². The number of anilines is 1. The molecule has 1 amide bonds. The number of carbonyl (C=O) groups excluding carboxylic acids is 1. The van der Waals surface area contributed by atoms with Crippen LogP contribution in [0.3, 0.4) is 0 Å². The SMILES string of the molecule is CC(=O)Nc1cccc(-c2nccnc2[C@H]2CCCN(CCc3ccccc3)C2)c1. The lowest BCUT2D eigenvalue weighted by Gasteiger charge is -2.33. The molecule has 5 nitrogen and oxygen atoms in total. The number of aromatic nitrogens is 2. The number of benzene rings is 2. The van der Waals surface area contributed by atoms with E-state index in [1.807, 2.05) is 24.3 Å². The van der Waals surface area contributed by atoms with Gasteiger partial charge in [-0.1, -0.05) is 42.5 Å². The van der Waals surface area contributed by atoms with Crippen LogP contribution in [0.5, 0.6) is 0 Å². The minimum absolute atomic E-state index is 0.0761. The largest absolute Gasteiger partial charge is 0.326 e. The van der Waals surface area contributed by atoms with Crippen molar-refractivity contribution in [2.75, 3.05) is 25.0 Å². The summed E-state index contributed by atoms with van der Waals surface area (Å²) in [6, 6.07) is 18.5. The summed E-state index contributed by atoms with van der Waals surface area (Å²) in [5.41, 5.74) is 5.13. The minimum Gasteiger partial charge on any atom is -0.326 e. The van der Waals surface area contributed by atoms with E-state index >= 15 is 0 Å². The van der Waals surface area contributed by atoms with Crippen LogP contribution in [0.4, 0.5) is 5.69 Å². The number of hydrogen-bond acceptors (Lipinski definition) is 4. The maximum atomic E-state index is 11.4. The molecule has 0 bridgehead atoms. The molecule has 2 heterocycles. The highest BCUT2D eigenvalue weighted by Crippen LogP contribution is 2.32. The molecule has 1 aliphatic heterocycles. The summed E-state index contributed by atoms with van der Waals surface area (Å²) in [5, 5.41) is 2.86. The molecular formula is C25H28N4O. The summed E-state index contributed by atoms with van der Waals surface area (Å²) in [4.78, 5) is 23.4. The van der Waals surface area contributed by atoms with Crippen molar-refractivity contribution in [3.05, 3.63) is 78.2 Å². The van der Waals surface area contributed by atoms with Gasteiger partial charge in [-0.3, -0.25) is 14.8 Å². The first-order valence-electron chi connectivity index (χ1n) is 10.6. The van der Waals surface area contributed by atoms with Crippen LogP contribution in [-0.2, 0) is 11.2 Å². The second kappa shape index (κ2) is 9.63. The Morgan fingerprint density at radius 1 is 1.10 bits per heavy atom. The second-order valence-electron chi connectivity index (χ2n) is 7.93. The van der Waals surface area contributed by atoms with Crippen molar-refractivity contribution in [3.8, 4) is 11.3 Å². The number of piperidine rings is 1. The Bertz CT molecular complexity index is 989. The van der Waals surface area contributed by atoms with E-state index in [1.54, 1.807) is 12.4 Å². The summed E-state index contributed by atoms with van der Waals surface area (Å²) in [5.74, 6) is 0.288. The van der Waals surface area contributed by atoms with Gasteiger partial charge in [0.1, 0.15) is 0 Å². The predicted octanol–water partition coefficient (Wildman–Crippen LogP) is 4.52. The molecule has 1 aliphatic rings. The molecule has 0 radical (unpaired) electrons. The van der Waals surface area contributed by atoms with Crippen molar-refractivity contribution in [3.63, 3.8) is 0 Å². The van der Waals surface area contributed by atoms with Crippen molar-refractivity contribution < 1.29 is 4.79 Å². The molecule has 30 heavy (non-hydrogen) atoms. The lowest BCUT2D eigenvalue weighted by Crippen LogP contribution is -2.36. The summed E-state index contributed by atoms with van der Waals surface area (Å²) in [6.45, 7) is 4.72. The first-order chi connectivity index (χ1) is 14.7. The highest BCUT2D eigenvalue weighted by Gasteiger charge is 2.25. The van der Waals surface area contributed by atoms with Gasteiger partial charge in [0.05, 0.1) is 11.4 Å². The first-order valence-corrected chi connectivity index (χ1v) is 10.6. The molecule has 1 saturated heterocycles. The topological polar surface area (TPSA) is 58.1 Å². The third-order valence-electron chi connectivity index (χ3n) is 5.63. The minimum atomic E-state index is -0.0761. The zero-order valence-corrected chi connectivity index (χ0v) is 17.4. The van der Waals surface area contributed by atoms with Crippen LogP contribution in [-0.4, -0.2) is 40.4 Å². The van der Waals surface area contributed by atoms with E-state index in [2.05, 4.69) is 45.5 Å². The Labute approximate surface area is 178 Å². The zero-order valence-electron chi connectivity index (χ0n) is 17.4. The summed E-state index contributed by atoms with van der Waals surface area (Å²) < 4.78 is 0. The van der Waals surface area contributed by atoms with Gasteiger partial charge in [-0.05, 0) is 43.5 Å². The highest BCUT2D eigenvalue weighted by atomic mass is 16.1. The van der Waals surface area contributed by atoms with Crippen molar-refractivity contribution in [1.29, 1.82) is 0 Å². The average molecular weight is 401 g/mol. The second-order valence-corrected chi connectivity index (χ2v) is 7.93. The van der Waals surface area contributed by atoms with Crippen LogP contribution >= 0.6 is 0 Å². The molecule has 0 unspecified atom stereocenters. The van der Waals surface area contributed by atoms with Gasteiger partial charge in [0.25, 0.3) is 0 Å². The van der Waals surface area contributed by atoms with Gasteiger partial charge in [-0.15, -0.1) is 0 Å². The lowest BCUT2D eigenvalue weighted by molar-refractivity contribution is -0.114. The van der Waals surface area contributed by atoms with Crippen LogP contribution in [0.15, 0.2) is 67.0 Å². The van der Waals surface area contributed by atoms with E-state index in [-0.39, 0.29) is 5.91 Å². The maximum Gasteiger partial charge on any atom is 0.221 e. The van der Waals surface area contributed by atoms with Gasteiger partial charge in [0.15, 0.2) is 0 Å². The van der Waals surface area contributed by atoms with Crippen LogP contribution in [0.2, 0.25) is 0 Å². The number of hydrogen-bond donors (Lipinski definition) is 1. The number of nitrogens with one attached hydrogen (secondary N) is 1. The fourth-order valence-corrected chi connectivity index (χ4v) is 4.23. The first kappa shape index (κ1) is 20.2. The molecular weight excluding hydrogens is 372 g/mol. The number of nitrogens with zero attached hydrogens (tertiary/aromatic N) is 3. The predicted molar refractivity (Wildman–Crippen MR) is 120 cm³/mol. The molecule has 1 fully saturated rings. The van der Waals surface area contributed by atoms with Crippen LogP contribution in [0, 0.1) is 0 Å². The van der Waals surface area contributed by atoms with Gasteiger partial charge in [0, 0.05) is 49.6 Å². The van der Waals surface area contributed by atoms with Crippen LogP contribution < -0.4 is 5.32 Å². The lowest BCUT2D eigenvalue weighted by atomic mass is 9.91. The third kappa shape index (κ3) is 5.10. The van der Waals surface area contributed by atoms with Gasteiger partial charge in [-0.2, -0.15) is 0 Å². The van der Waals surface area contributed by atoms with Crippen molar-refractivity contribution in [1.82, 2.24) is 14.9 Å². The Morgan fingerprint density at radius 3 is 2.77 bits per heavy atom. The molecule has 0 spiro atoms. The normalized spacial score (nSPS) is 16.9. The van der Waals surface area contributed by atoms with Gasteiger partial charge in [-0.25, -0.2) is 0 Å². The molecule has 4 rings (SSSR count). The fraction of sp³-hybridized carbons (Fsp3) is 0.320. The smallest absolute Gasteiger partial charge is 0.221 e. The van der Waals surface area contributed by atoms with E-state index in [0.717, 1.165) is 55.1 Å². The molecule has 1 aromatic heterocycles. The number of likely N-dealkylation sites (tertiary alicyclic amines) is 1. The molecule has 3 aromatic rings. The summed E-state index contributed by atoms with van der Waals surface area (Å²) in [7, 11) is 0. The van der Waals surface area contributed by atoms with E-state index in [9.17, 15) is 4.79 Å². The van der Waals surface area contributed by atoms with Crippen LogP contribution in [0.1, 0.15) is 36.9 Å². The maximum absolute atomic E-state index is 11.4. The summed E-state index contributed by atoms with van der Waals surface area (Å²) >= 11 is 0. The molecule has 0 aliphatic carbocycles. The third-order valence-corrected chi connectivity index (χ3v) is 5.63. The molecule has 2 aromatic carbocycles. The number of rotatable bonds is 6. The molecule has 1 N–H and O–H groups in total. The molecule has 154 valence electrons. The van der Waals surface area contributed by atoms with Gasteiger partial charge in [0.2, 0.25) is 5.91 Å². The van der Waals surface area contributed by atoms with Crippen molar-refractivity contribution in [2.45, 2.75) is 32.1 Å². The standard InChI is InChI=1S/C25H28N4O/c1-19(30)28-23-11-5-9-21(17-23)24-25(27-14-13-26-24)22-10-6-15-29(18-22)16-12-20-7-3-2-4-8-20/h2-5,7-9,11,13-14,17,22H,6,10,12,15-16,18H2,1H3,(H,28,30)/t22-/m0/s1. The highest BCUT2D eigenvalue weighted by molar-refractivity contribution is 5.89. The fourth-order valence-electron chi connectivity index (χ4n) is 4.23. The molecule has 0 saturated carbocycles. The molecule has 1 atom stereocenters. The Balaban J connectivity index is 1.51. The van der Waals surface area contributed by atoms with E-state index < -0.39 is 0 Å². The van der Waals surface area contributed by atoms with Gasteiger partial charge < -0.3 is 10.2 Å². The summed E-state index contributed by atoms with van der Waals surface area (Å²) in [6.07, 6.45) is 6.90. The quantitative estimate of drug-likeness (QED) is 0.661. The van der Waals surface area contributed by atoms with Gasteiger partial charge >= 0.3 is 0 Å². The van der Waals surface area contributed by atoms with E-state index in [4.69, 9.17) is 4.98 Å². The van der Waals surface area contributed by atoms with E-state index in [0.29, 0.717) is 5.92 Å². The van der Waals surface area contributed by atoms with Crippen molar-refractivity contribution >= 4 is 11.6 Å². The van der Waals surface area contributed by atoms with Crippen molar-refractivity contribution in [2.24, 2.45) is 0 Å². The number of amides is 1. The van der Waals surface area contributed by atoms with E-state index in [1.165, 1.54) is 18.9 Å². The monoisotopic (exact) mass is 400 g/mol. The zero-order chi connectivity index (χ0) is 20.8. The average Bonchev–Trinajstić information content (AvgIpc) is 2.78. The number of carbonyl (C=O) groups is 1. The Kier molecular flexibility index (Phi) is 6.50. The Morgan fingerprint density at radius 2 is 1.93 bits per heavy atom.